The van der Waals surface area contributed by atoms with Gasteiger partial charge in [-0.1, -0.05) is 55.2 Å². The molecule has 0 heterocycles. The lowest BCUT2D eigenvalue weighted by Gasteiger charge is -2.32. The normalized spacial score (nSPS) is 15.6. The predicted octanol–water partition coefficient (Wildman–Crippen LogP) is 3.62. The van der Waals surface area contributed by atoms with E-state index in [1.807, 2.05) is 6.92 Å². The van der Waals surface area contributed by atoms with Crippen LogP contribution in [-0.4, -0.2) is 55.1 Å². The number of nitrogens with zero attached hydrogens (tertiary/aromatic N) is 2. The smallest absolute Gasteiger partial charge is 0.243 e. The molecule has 9 heteroatoms. The van der Waals surface area contributed by atoms with E-state index in [0.717, 1.165) is 42.0 Å². The summed E-state index contributed by atoms with van der Waals surface area (Å²) in [5.41, 5.74) is 1.17. The number of benzene rings is 2. The fourth-order valence-corrected chi connectivity index (χ4v) is 5.34. The van der Waals surface area contributed by atoms with Gasteiger partial charge in [0.05, 0.1) is 11.4 Å². The summed E-state index contributed by atoms with van der Waals surface area (Å²) < 4.78 is 41.4. The molecule has 0 aromatic heterocycles. The first-order valence-corrected chi connectivity index (χ1v) is 13.4. The van der Waals surface area contributed by atoms with E-state index in [1.165, 1.54) is 30.1 Å². The van der Waals surface area contributed by atoms with Crippen molar-refractivity contribution in [3.63, 3.8) is 0 Å². The Morgan fingerprint density at radius 3 is 2.31 bits per heavy atom. The van der Waals surface area contributed by atoms with Crippen LogP contribution in [0.15, 0.2) is 53.4 Å². The highest BCUT2D eigenvalue weighted by Crippen LogP contribution is 2.20. The number of halogens is 1. The molecular formula is C26H34FN3O4S. The van der Waals surface area contributed by atoms with Gasteiger partial charge in [-0.2, -0.15) is 4.31 Å². The second kappa shape index (κ2) is 11.8. The van der Waals surface area contributed by atoms with Gasteiger partial charge in [0.15, 0.2) is 0 Å². The molecule has 1 aliphatic carbocycles. The van der Waals surface area contributed by atoms with Gasteiger partial charge in [-0.25, -0.2) is 12.8 Å². The number of carbonyl (C=O) groups excluding carboxylic acids is 2. The minimum atomic E-state index is -3.92. The van der Waals surface area contributed by atoms with E-state index >= 15 is 0 Å². The summed E-state index contributed by atoms with van der Waals surface area (Å²) >= 11 is 0. The van der Waals surface area contributed by atoms with Crippen molar-refractivity contribution in [1.29, 1.82) is 0 Å². The number of sulfonamides is 1. The molecule has 1 aliphatic rings. The van der Waals surface area contributed by atoms with Crippen LogP contribution in [0.1, 0.15) is 50.2 Å². The van der Waals surface area contributed by atoms with E-state index in [1.54, 1.807) is 37.3 Å². The van der Waals surface area contributed by atoms with Crippen LogP contribution in [0.2, 0.25) is 0 Å². The van der Waals surface area contributed by atoms with Crippen molar-refractivity contribution >= 4 is 21.8 Å². The Hall–Kier alpha value is -2.78. The molecule has 0 radical (unpaired) electrons. The third-order valence-electron chi connectivity index (χ3n) is 6.50. The van der Waals surface area contributed by atoms with E-state index < -0.39 is 34.3 Å². The van der Waals surface area contributed by atoms with Crippen molar-refractivity contribution in [2.45, 2.75) is 69.5 Å². The number of hydrogen-bond donors (Lipinski definition) is 1. The van der Waals surface area contributed by atoms with Crippen LogP contribution in [0.5, 0.6) is 0 Å². The van der Waals surface area contributed by atoms with Crippen LogP contribution in [0.25, 0.3) is 0 Å². The Morgan fingerprint density at radius 2 is 1.69 bits per heavy atom. The third-order valence-corrected chi connectivity index (χ3v) is 8.32. The van der Waals surface area contributed by atoms with Crippen LogP contribution in [0.4, 0.5) is 4.39 Å². The number of likely N-dealkylation sites (N-methyl/N-ethyl adjacent to an activating group) is 1. The van der Waals surface area contributed by atoms with Gasteiger partial charge in [-0.05, 0) is 44.9 Å². The first kappa shape index (κ1) is 26.8. The number of aryl methyl sites for hydroxylation is 1. The fraction of sp³-hybridized carbons (Fsp3) is 0.462. The Kier molecular flexibility index (Phi) is 9.02. The molecule has 0 aliphatic heterocycles. The number of carbonyl (C=O) groups is 2. The molecule has 7 nitrogen and oxygen atoms in total. The highest BCUT2D eigenvalue weighted by Gasteiger charge is 2.31. The molecule has 1 atom stereocenters. The molecule has 35 heavy (non-hydrogen) atoms. The van der Waals surface area contributed by atoms with Gasteiger partial charge in [0, 0.05) is 25.2 Å². The quantitative estimate of drug-likeness (QED) is 0.566. The molecule has 0 saturated heterocycles. The zero-order valence-corrected chi connectivity index (χ0v) is 21.4. The van der Waals surface area contributed by atoms with Crippen LogP contribution in [-0.2, 0) is 26.2 Å². The summed E-state index contributed by atoms with van der Waals surface area (Å²) in [7, 11) is -2.60. The fourth-order valence-electron chi connectivity index (χ4n) is 4.22. The standard InChI is InChI=1S/C26H34FN3O4S/c1-19-13-15-23(16-14-19)35(33,34)29(3)18-25(31)30(17-21-9-7-8-12-24(21)27)20(2)26(32)28-22-10-5-4-6-11-22/h7-9,12-16,20,22H,4-6,10-11,17-18H2,1-3H3,(H,28,32)/t20-/m1/s1. The molecule has 2 amide bonds. The second-order valence-electron chi connectivity index (χ2n) is 9.21. The molecule has 1 N–H and O–H groups in total. The van der Waals surface area contributed by atoms with Gasteiger partial charge in [-0.3, -0.25) is 9.59 Å². The molecule has 2 aromatic carbocycles. The summed E-state index contributed by atoms with van der Waals surface area (Å²) in [5, 5.41) is 3.01. The van der Waals surface area contributed by atoms with Crippen molar-refractivity contribution in [2.75, 3.05) is 13.6 Å². The van der Waals surface area contributed by atoms with Gasteiger partial charge in [0.1, 0.15) is 11.9 Å². The maximum absolute atomic E-state index is 14.4. The number of rotatable bonds is 9. The van der Waals surface area contributed by atoms with Crippen molar-refractivity contribution in [3.8, 4) is 0 Å². The van der Waals surface area contributed by atoms with Gasteiger partial charge in [0.2, 0.25) is 21.8 Å². The third kappa shape index (κ3) is 6.89. The number of nitrogens with one attached hydrogen (secondary N) is 1. The topological polar surface area (TPSA) is 86.8 Å². The Bertz CT molecular complexity index is 1130. The Balaban J connectivity index is 1.80. The lowest BCUT2D eigenvalue weighted by Crippen LogP contribution is -2.52. The zero-order chi connectivity index (χ0) is 25.6. The largest absolute Gasteiger partial charge is 0.352 e. The Labute approximate surface area is 207 Å². The lowest BCUT2D eigenvalue weighted by atomic mass is 9.95. The van der Waals surface area contributed by atoms with Crippen molar-refractivity contribution < 1.29 is 22.4 Å². The van der Waals surface area contributed by atoms with Crippen LogP contribution in [0, 0.1) is 12.7 Å². The summed E-state index contributed by atoms with van der Waals surface area (Å²) in [6, 6.07) is 11.5. The highest BCUT2D eigenvalue weighted by atomic mass is 32.2. The van der Waals surface area contributed by atoms with Gasteiger partial charge < -0.3 is 10.2 Å². The maximum Gasteiger partial charge on any atom is 0.243 e. The average Bonchev–Trinajstić information content (AvgIpc) is 2.84. The van der Waals surface area contributed by atoms with E-state index in [-0.39, 0.29) is 29.0 Å². The minimum absolute atomic E-state index is 0.0497. The van der Waals surface area contributed by atoms with Crippen LogP contribution < -0.4 is 5.32 Å². The predicted molar refractivity (Wildman–Crippen MR) is 132 cm³/mol. The van der Waals surface area contributed by atoms with Gasteiger partial charge in [-0.15, -0.1) is 0 Å². The van der Waals surface area contributed by atoms with Gasteiger partial charge >= 0.3 is 0 Å². The molecule has 0 unspecified atom stereocenters. The molecule has 190 valence electrons. The van der Waals surface area contributed by atoms with Crippen molar-refractivity contribution in [3.05, 3.63) is 65.5 Å². The van der Waals surface area contributed by atoms with E-state index in [4.69, 9.17) is 0 Å². The summed E-state index contributed by atoms with van der Waals surface area (Å²) in [4.78, 5) is 27.7. The van der Waals surface area contributed by atoms with Crippen LogP contribution in [0.3, 0.4) is 0 Å². The zero-order valence-electron chi connectivity index (χ0n) is 20.5. The maximum atomic E-state index is 14.4. The number of hydrogen-bond acceptors (Lipinski definition) is 4. The second-order valence-corrected chi connectivity index (χ2v) is 11.3. The van der Waals surface area contributed by atoms with Gasteiger partial charge in [0.25, 0.3) is 0 Å². The highest BCUT2D eigenvalue weighted by molar-refractivity contribution is 7.89. The lowest BCUT2D eigenvalue weighted by molar-refractivity contribution is -0.141. The van der Waals surface area contributed by atoms with Crippen molar-refractivity contribution in [1.82, 2.24) is 14.5 Å². The molecular weight excluding hydrogens is 469 g/mol. The molecule has 1 saturated carbocycles. The molecule has 0 bridgehead atoms. The SMILES string of the molecule is Cc1ccc(S(=O)(=O)N(C)CC(=O)N(Cc2ccccc2F)[C@H](C)C(=O)NC2CCCCC2)cc1. The Morgan fingerprint density at radius 1 is 1.06 bits per heavy atom. The average molecular weight is 504 g/mol. The first-order valence-electron chi connectivity index (χ1n) is 12.0. The molecule has 3 rings (SSSR count). The number of amides is 2. The van der Waals surface area contributed by atoms with E-state index in [0.29, 0.717) is 0 Å². The van der Waals surface area contributed by atoms with E-state index in [2.05, 4.69) is 5.32 Å². The monoisotopic (exact) mass is 503 g/mol. The molecule has 1 fully saturated rings. The summed E-state index contributed by atoms with van der Waals surface area (Å²) in [6.07, 6.45) is 4.99. The molecule has 0 spiro atoms. The summed E-state index contributed by atoms with van der Waals surface area (Å²) in [5.74, 6) is -1.41. The first-order chi connectivity index (χ1) is 16.6. The summed E-state index contributed by atoms with van der Waals surface area (Å²) in [6.45, 7) is 2.81. The van der Waals surface area contributed by atoms with Crippen molar-refractivity contribution in [2.24, 2.45) is 0 Å². The molecule has 2 aromatic rings. The van der Waals surface area contributed by atoms with E-state index in [9.17, 15) is 22.4 Å². The minimum Gasteiger partial charge on any atom is -0.352 e. The van der Waals surface area contributed by atoms with Crippen LogP contribution >= 0.6 is 0 Å².